The van der Waals surface area contributed by atoms with Gasteiger partial charge in [0.2, 0.25) is 5.91 Å². The van der Waals surface area contributed by atoms with Gasteiger partial charge in [-0.05, 0) is 30.7 Å². The largest absolute Gasteiger partial charge is 0.320 e. The Kier molecular flexibility index (Phi) is 3.89. The van der Waals surface area contributed by atoms with E-state index in [4.69, 9.17) is 0 Å². The van der Waals surface area contributed by atoms with Gasteiger partial charge in [-0.15, -0.1) is 10.2 Å². The first-order valence-electron chi connectivity index (χ1n) is 7.96. The first kappa shape index (κ1) is 15.9. The third-order valence-corrected chi connectivity index (χ3v) is 3.95. The van der Waals surface area contributed by atoms with E-state index in [0.717, 1.165) is 16.3 Å². The third-order valence-electron chi connectivity index (χ3n) is 3.95. The Labute approximate surface area is 148 Å². The number of nitrogens with zero attached hydrogens (tertiary/aromatic N) is 4. The quantitative estimate of drug-likeness (QED) is 0.577. The van der Waals surface area contributed by atoms with Crippen LogP contribution in [0.4, 0.5) is 10.1 Å². The Morgan fingerprint density at radius 3 is 2.88 bits per heavy atom. The number of aromatic nitrogens is 4. The zero-order valence-corrected chi connectivity index (χ0v) is 13.8. The molecule has 0 atom stereocenters. The van der Waals surface area contributed by atoms with Gasteiger partial charge in [0.25, 0.3) is 0 Å². The SMILES string of the molecule is Cc1ccc(NC(=O)/C=C/c2nnc3c4ccccc4cnn23)c(F)c1. The zero-order valence-electron chi connectivity index (χ0n) is 13.8. The molecule has 6 nitrogen and oxygen atoms in total. The summed E-state index contributed by atoms with van der Waals surface area (Å²) in [5, 5.41) is 16.9. The molecule has 0 aliphatic carbocycles. The van der Waals surface area contributed by atoms with Crippen LogP contribution in [0.25, 0.3) is 22.5 Å². The molecule has 0 unspecified atom stereocenters. The standard InChI is InChI=1S/C19H14FN5O/c1-12-6-7-16(15(20)10-12)22-18(26)9-8-17-23-24-19-14-5-3-2-4-13(14)11-21-25(17)19/h2-11H,1H3,(H,22,26)/b9-8+. The number of aryl methyl sites for hydroxylation is 1. The van der Waals surface area contributed by atoms with E-state index >= 15 is 0 Å². The van der Waals surface area contributed by atoms with Crippen molar-refractivity contribution < 1.29 is 9.18 Å². The first-order valence-corrected chi connectivity index (χ1v) is 7.96. The van der Waals surface area contributed by atoms with Crippen LogP contribution in [0, 0.1) is 12.7 Å². The van der Waals surface area contributed by atoms with Gasteiger partial charge in [0.1, 0.15) is 5.82 Å². The van der Waals surface area contributed by atoms with E-state index in [9.17, 15) is 9.18 Å². The number of fused-ring (bicyclic) bond motifs is 3. The Hall–Kier alpha value is -3.61. The third kappa shape index (κ3) is 2.90. The maximum Gasteiger partial charge on any atom is 0.248 e. The minimum atomic E-state index is -0.479. The Morgan fingerprint density at radius 2 is 2.04 bits per heavy atom. The summed E-state index contributed by atoms with van der Waals surface area (Å²) in [6, 6.07) is 12.3. The number of anilines is 1. The van der Waals surface area contributed by atoms with Gasteiger partial charge in [0, 0.05) is 16.8 Å². The number of carbonyl (C=O) groups excluding carboxylic acids is 1. The van der Waals surface area contributed by atoms with Crippen LogP contribution in [0.2, 0.25) is 0 Å². The molecule has 128 valence electrons. The van der Waals surface area contributed by atoms with Gasteiger partial charge in [-0.1, -0.05) is 30.3 Å². The molecule has 7 heteroatoms. The summed E-state index contributed by atoms with van der Waals surface area (Å²) in [6.07, 6.45) is 4.47. The normalized spacial score (nSPS) is 11.5. The zero-order chi connectivity index (χ0) is 18.1. The van der Waals surface area contributed by atoms with Crippen molar-refractivity contribution in [3.63, 3.8) is 0 Å². The van der Waals surface area contributed by atoms with Crippen molar-refractivity contribution in [2.45, 2.75) is 6.92 Å². The smallest absolute Gasteiger partial charge is 0.248 e. The molecule has 0 aliphatic rings. The number of hydrogen-bond acceptors (Lipinski definition) is 4. The molecule has 4 rings (SSSR count). The molecular weight excluding hydrogens is 333 g/mol. The number of benzene rings is 2. The summed E-state index contributed by atoms with van der Waals surface area (Å²) in [7, 11) is 0. The molecule has 0 radical (unpaired) electrons. The van der Waals surface area contributed by atoms with Gasteiger partial charge in [0.15, 0.2) is 11.5 Å². The topological polar surface area (TPSA) is 72.2 Å². The average molecular weight is 347 g/mol. The molecule has 4 aromatic rings. The molecule has 26 heavy (non-hydrogen) atoms. The Balaban J connectivity index is 1.60. The summed E-state index contributed by atoms with van der Waals surface area (Å²) in [6.45, 7) is 1.78. The highest BCUT2D eigenvalue weighted by Crippen LogP contribution is 2.18. The molecule has 2 aromatic heterocycles. The van der Waals surface area contributed by atoms with Gasteiger partial charge in [0.05, 0.1) is 11.9 Å². The minimum absolute atomic E-state index is 0.125. The molecule has 0 saturated heterocycles. The van der Waals surface area contributed by atoms with Gasteiger partial charge >= 0.3 is 0 Å². The van der Waals surface area contributed by atoms with Crippen molar-refractivity contribution >= 4 is 34.1 Å². The highest BCUT2D eigenvalue weighted by molar-refractivity contribution is 6.02. The monoisotopic (exact) mass is 347 g/mol. The number of halogens is 1. The Bertz CT molecular complexity index is 1170. The lowest BCUT2D eigenvalue weighted by Crippen LogP contribution is -2.09. The van der Waals surface area contributed by atoms with Crippen molar-refractivity contribution in [3.05, 3.63) is 71.9 Å². The van der Waals surface area contributed by atoms with E-state index in [-0.39, 0.29) is 5.69 Å². The number of amides is 1. The van der Waals surface area contributed by atoms with Gasteiger partial charge in [-0.2, -0.15) is 9.61 Å². The fraction of sp³-hybridized carbons (Fsp3) is 0.0526. The van der Waals surface area contributed by atoms with Crippen molar-refractivity contribution in [1.82, 2.24) is 19.8 Å². The van der Waals surface area contributed by atoms with Crippen LogP contribution in [-0.4, -0.2) is 25.7 Å². The minimum Gasteiger partial charge on any atom is -0.320 e. The lowest BCUT2D eigenvalue weighted by molar-refractivity contribution is -0.111. The van der Waals surface area contributed by atoms with Crippen LogP contribution in [0.5, 0.6) is 0 Å². The van der Waals surface area contributed by atoms with Crippen LogP contribution in [-0.2, 0) is 4.79 Å². The van der Waals surface area contributed by atoms with Crippen LogP contribution >= 0.6 is 0 Å². The molecule has 1 N–H and O–H groups in total. The predicted octanol–water partition coefficient (Wildman–Crippen LogP) is 3.38. The molecule has 0 fully saturated rings. The predicted molar refractivity (Wildman–Crippen MR) is 97.1 cm³/mol. The summed E-state index contributed by atoms with van der Waals surface area (Å²) in [5.74, 6) is -0.539. The average Bonchev–Trinajstić information content (AvgIpc) is 3.06. The maximum atomic E-state index is 13.8. The van der Waals surface area contributed by atoms with Crippen molar-refractivity contribution in [2.75, 3.05) is 5.32 Å². The fourth-order valence-corrected chi connectivity index (χ4v) is 2.66. The lowest BCUT2D eigenvalue weighted by atomic mass is 10.2. The van der Waals surface area contributed by atoms with Crippen molar-refractivity contribution in [3.8, 4) is 0 Å². The first-order chi connectivity index (χ1) is 12.6. The molecule has 1 amide bonds. The van der Waals surface area contributed by atoms with E-state index in [1.54, 1.807) is 23.7 Å². The molecule has 0 saturated carbocycles. The van der Waals surface area contributed by atoms with Gasteiger partial charge in [-0.3, -0.25) is 4.79 Å². The summed E-state index contributed by atoms with van der Waals surface area (Å²) >= 11 is 0. The van der Waals surface area contributed by atoms with E-state index in [1.807, 2.05) is 24.3 Å². The van der Waals surface area contributed by atoms with E-state index < -0.39 is 11.7 Å². The second-order valence-electron chi connectivity index (χ2n) is 5.83. The molecule has 0 aliphatic heterocycles. The molecular formula is C19H14FN5O. The summed E-state index contributed by atoms with van der Waals surface area (Å²) in [5.41, 5.74) is 1.51. The molecule has 2 aromatic carbocycles. The van der Waals surface area contributed by atoms with Crippen LogP contribution in [0.15, 0.2) is 54.7 Å². The van der Waals surface area contributed by atoms with E-state index in [1.165, 1.54) is 24.3 Å². The number of hydrogen-bond donors (Lipinski definition) is 1. The second-order valence-corrected chi connectivity index (χ2v) is 5.83. The highest BCUT2D eigenvalue weighted by atomic mass is 19.1. The molecule has 2 heterocycles. The van der Waals surface area contributed by atoms with Gasteiger partial charge < -0.3 is 5.32 Å². The molecule has 0 spiro atoms. The maximum absolute atomic E-state index is 13.8. The van der Waals surface area contributed by atoms with Crippen LogP contribution in [0.3, 0.4) is 0 Å². The number of nitrogens with one attached hydrogen (secondary N) is 1. The molecule has 0 bridgehead atoms. The fourth-order valence-electron chi connectivity index (χ4n) is 2.66. The Morgan fingerprint density at radius 1 is 1.19 bits per heavy atom. The highest BCUT2D eigenvalue weighted by Gasteiger charge is 2.09. The summed E-state index contributed by atoms with van der Waals surface area (Å²) < 4.78 is 15.4. The lowest BCUT2D eigenvalue weighted by Gasteiger charge is -2.04. The van der Waals surface area contributed by atoms with Crippen molar-refractivity contribution in [1.29, 1.82) is 0 Å². The number of rotatable bonds is 3. The summed E-state index contributed by atoms with van der Waals surface area (Å²) in [4.78, 5) is 12.1. The van der Waals surface area contributed by atoms with Crippen LogP contribution in [0.1, 0.15) is 11.4 Å². The van der Waals surface area contributed by atoms with Gasteiger partial charge in [-0.25, -0.2) is 4.39 Å². The van der Waals surface area contributed by atoms with E-state index in [2.05, 4.69) is 20.6 Å². The second kappa shape index (κ2) is 6.36. The van der Waals surface area contributed by atoms with E-state index in [0.29, 0.717) is 11.5 Å². The number of carbonyl (C=O) groups is 1. The van der Waals surface area contributed by atoms with Crippen LogP contribution < -0.4 is 5.32 Å². The van der Waals surface area contributed by atoms with Crippen molar-refractivity contribution in [2.24, 2.45) is 0 Å².